The van der Waals surface area contributed by atoms with Gasteiger partial charge in [0.25, 0.3) is 0 Å². The molecule has 0 N–H and O–H groups in total. The van der Waals surface area contributed by atoms with Gasteiger partial charge in [-0.15, -0.1) is 0 Å². The molecule has 68 heavy (non-hydrogen) atoms. The Kier molecular flexibility index (Phi) is 54.3. The van der Waals surface area contributed by atoms with E-state index in [4.69, 9.17) is 14.2 Å². The zero-order chi connectivity index (χ0) is 49.3. The van der Waals surface area contributed by atoms with Crippen molar-refractivity contribution in [3.05, 3.63) is 60.8 Å². The maximum absolute atomic E-state index is 12.9. The molecular weight excluding hydrogens is 841 g/mol. The maximum atomic E-state index is 12.9. The topological polar surface area (TPSA) is 78.9 Å². The first kappa shape index (κ1) is 65.1. The number of esters is 3. The summed E-state index contributed by atoms with van der Waals surface area (Å²) >= 11 is 0. The Morgan fingerprint density at radius 3 is 0.824 bits per heavy atom. The van der Waals surface area contributed by atoms with Gasteiger partial charge in [-0.25, -0.2) is 0 Å². The third-order valence-corrected chi connectivity index (χ3v) is 12.7. The molecule has 0 saturated carbocycles. The van der Waals surface area contributed by atoms with E-state index in [1.165, 1.54) is 180 Å². The van der Waals surface area contributed by atoms with Crippen molar-refractivity contribution in [1.29, 1.82) is 0 Å². The lowest BCUT2D eigenvalue weighted by molar-refractivity contribution is -0.167. The van der Waals surface area contributed by atoms with Crippen molar-refractivity contribution in [1.82, 2.24) is 0 Å². The van der Waals surface area contributed by atoms with Crippen molar-refractivity contribution in [3.63, 3.8) is 0 Å². The van der Waals surface area contributed by atoms with Crippen LogP contribution in [-0.2, 0) is 28.6 Å². The number of hydrogen-bond donors (Lipinski definition) is 0. The molecule has 394 valence electrons. The fourth-order valence-electron chi connectivity index (χ4n) is 8.26. The molecule has 0 fully saturated rings. The SMILES string of the molecule is CCCCC/C=C\C/C=C\CCCCCCCCCCCC(=O)OC[C@@H](COC(=O)CCCCCCC/C=C\CCCCC)OC(=O)CCCCCCCCCCC/C=C\C/C=C\CCCCC. The molecule has 0 unspecified atom stereocenters. The second-order valence-electron chi connectivity index (χ2n) is 19.5. The van der Waals surface area contributed by atoms with Crippen molar-refractivity contribution in [2.45, 2.75) is 303 Å². The average Bonchev–Trinajstić information content (AvgIpc) is 3.34. The van der Waals surface area contributed by atoms with Crippen molar-refractivity contribution < 1.29 is 28.6 Å². The van der Waals surface area contributed by atoms with Crippen LogP contribution in [0.2, 0.25) is 0 Å². The van der Waals surface area contributed by atoms with Gasteiger partial charge in [0, 0.05) is 19.3 Å². The van der Waals surface area contributed by atoms with Crippen LogP contribution in [0, 0.1) is 0 Å². The van der Waals surface area contributed by atoms with E-state index < -0.39 is 6.10 Å². The van der Waals surface area contributed by atoms with Gasteiger partial charge in [-0.3, -0.25) is 14.4 Å². The molecule has 0 aliphatic rings. The molecule has 1 atom stereocenters. The van der Waals surface area contributed by atoms with E-state index in [0.717, 1.165) is 77.0 Å². The molecule has 0 heterocycles. The Hall–Kier alpha value is -2.89. The lowest BCUT2D eigenvalue weighted by atomic mass is 10.1. The highest BCUT2D eigenvalue weighted by Crippen LogP contribution is 2.15. The van der Waals surface area contributed by atoms with Gasteiger partial charge >= 0.3 is 17.9 Å². The molecule has 6 heteroatoms. The number of rotatable bonds is 53. The summed E-state index contributed by atoms with van der Waals surface area (Å²) in [6.07, 6.45) is 70.6. The minimum absolute atomic E-state index is 0.0797. The van der Waals surface area contributed by atoms with Crippen LogP contribution in [0.1, 0.15) is 297 Å². The normalized spacial score (nSPS) is 12.5. The van der Waals surface area contributed by atoms with E-state index in [1.54, 1.807) is 0 Å². The highest BCUT2D eigenvalue weighted by atomic mass is 16.6. The highest BCUT2D eigenvalue weighted by Gasteiger charge is 2.19. The molecule has 0 aromatic heterocycles. The molecule has 0 aliphatic heterocycles. The number of hydrogen-bond acceptors (Lipinski definition) is 6. The second-order valence-corrected chi connectivity index (χ2v) is 19.5. The molecular formula is C62H110O6. The first-order valence-electron chi connectivity index (χ1n) is 29.3. The lowest BCUT2D eigenvalue weighted by Crippen LogP contribution is -2.30. The van der Waals surface area contributed by atoms with Gasteiger partial charge in [-0.2, -0.15) is 0 Å². The van der Waals surface area contributed by atoms with Gasteiger partial charge in [-0.05, 0) is 109 Å². The van der Waals surface area contributed by atoms with Crippen molar-refractivity contribution in [3.8, 4) is 0 Å². The predicted molar refractivity (Wildman–Crippen MR) is 293 cm³/mol. The largest absolute Gasteiger partial charge is 0.462 e. The number of carbonyl (C=O) groups is 3. The van der Waals surface area contributed by atoms with Gasteiger partial charge in [-0.1, -0.05) is 229 Å². The first-order valence-corrected chi connectivity index (χ1v) is 29.3. The van der Waals surface area contributed by atoms with Crippen LogP contribution in [0.4, 0.5) is 0 Å². The molecule has 0 spiro atoms. The Morgan fingerprint density at radius 1 is 0.294 bits per heavy atom. The summed E-state index contributed by atoms with van der Waals surface area (Å²) in [5.74, 6) is -0.886. The average molecular weight is 952 g/mol. The number of carbonyl (C=O) groups excluding carboxylic acids is 3. The fraction of sp³-hybridized carbons (Fsp3) is 0.790. The first-order chi connectivity index (χ1) is 33.5. The van der Waals surface area contributed by atoms with Crippen LogP contribution in [0.15, 0.2) is 60.8 Å². The molecule has 0 bridgehead atoms. The number of allylic oxidation sites excluding steroid dienone is 10. The zero-order valence-corrected chi connectivity index (χ0v) is 45.1. The van der Waals surface area contributed by atoms with Crippen LogP contribution in [-0.4, -0.2) is 37.2 Å². The van der Waals surface area contributed by atoms with E-state index in [1.807, 2.05) is 0 Å². The number of unbranched alkanes of at least 4 members (excludes halogenated alkanes) is 32. The maximum Gasteiger partial charge on any atom is 0.306 e. The molecule has 0 radical (unpaired) electrons. The summed E-state index contributed by atoms with van der Waals surface area (Å²) in [6, 6.07) is 0. The van der Waals surface area contributed by atoms with E-state index in [-0.39, 0.29) is 31.1 Å². The molecule has 0 saturated heterocycles. The molecule has 0 aliphatic carbocycles. The summed E-state index contributed by atoms with van der Waals surface area (Å²) in [7, 11) is 0. The van der Waals surface area contributed by atoms with Crippen LogP contribution in [0.3, 0.4) is 0 Å². The van der Waals surface area contributed by atoms with Gasteiger partial charge in [0.05, 0.1) is 0 Å². The Balaban J connectivity index is 4.35. The summed E-state index contributed by atoms with van der Waals surface area (Å²) in [5.41, 5.74) is 0. The molecule has 6 nitrogen and oxygen atoms in total. The Morgan fingerprint density at radius 2 is 0.529 bits per heavy atom. The van der Waals surface area contributed by atoms with Crippen LogP contribution >= 0.6 is 0 Å². The van der Waals surface area contributed by atoms with Crippen LogP contribution in [0.5, 0.6) is 0 Å². The van der Waals surface area contributed by atoms with Crippen LogP contribution in [0.25, 0.3) is 0 Å². The minimum Gasteiger partial charge on any atom is -0.462 e. The monoisotopic (exact) mass is 951 g/mol. The quantitative estimate of drug-likeness (QED) is 0.0262. The van der Waals surface area contributed by atoms with Crippen molar-refractivity contribution in [2.24, 2.45) is 0 Å². The van der Waals surface area contributed by atoms with E-state index in [0.29, 0.717) is 19.3 Å². The molecule has 0 aromatic carbocycles. The van der Waals surface area contributed by atoms with Gasteiger partial charge in [0.1, 0.15) is 13.2 Å². The smallest absolute Gasteiger partial charge is 0.306 e. The lowest BCUT2D eigenvalue weighted by Gasteiger charge is -2.18. The second kappa shape index (κ2) is 56.7. The fourth-order valence-corrected chi connectivity index (χ4v) is 8.26. The van der Waals surface area contributed by atoms with Gasteiger partial charge < -0.3 is 14.2 Å². The Labute approximate surface area is 421 Å². The van der Waals surface area contributed by atoms with E-state index >= 15 is 0 Å². The minimum atomic E-state index is -0.781. The Bertz CT molecular complexity index is 1230. The van der Waals surface area contributed by atoms with E-state index in [2.05, 4.69) is 81.5 Å². The van der Waals surface area contributed by atoms with E-state index in [9.17, 15) is 14.4 Å². The summed E-state index contributed by atoms with van der Waals surface area (Å²) < 4.78 is 16.9. The van der Waals surface area contributed by atoms with Crippen LogP contribution < -0.4 is 0 Å². The molecule has 0 aromatic rings. The molecule has 0 amide bonds. The standard InChI is InChI=1S/C62H110O6/c1-4-7-10-13-16-19-22-25-27-29-31-33-35-37-40-43-46-49-52-55-61(64)67-58-59(57-66-60(63)54-51-48-45-42-39-24-21-18-15-12-9-6-3)68-62(65)56-53-50-47-44-41-38-36-34-32-30-28-26-23-20-17-14-11-8-5-2/h16-21,25-28,59H,4-15,22-24,29-58H2,1-3H3/b19-16-,20-17-,21-18-,27-25-,28-26-/t59-/m1/s1. The summed E-state index contributed by atoms with van der Waals surface area (Å²) in [6.45, 7) is 6.58. The predicted octanol–water partition coefficient (Wildman–Crippen LogP) is 19.6. The molecule has 0 rings (SSSR count). The van der Waals surface area contributed by atoms with Gasteiger partial charge in [0.2, 0.25) is 0 Å². The number of ether oxygens (including phenoxy) is 3. The van der Waals surface area contributed by atoms with Crippen molar-refractivity contribution >= 4 is 17.9 Å². The van der Waals surface area contributed by atoms with Gasteiger partial charge in [0.15, 0.2) is 6.10 Å². The summed E-state index contributed by atoms with van der Waals surface area (Å²) in [5, 5.41) is 0. The third kappa shape index (κ3) is 54.1. The van der Waals surface area contributed by atoms with Crippen molar-refractivity contribution in [2.75, 3.05) is 13.2 Å². The zero-order valence-electron chi connectivity index (χ0n) is 45.1. The third-order valence-electron chi connectivity index (χ3n) is 12.7. The highest BCUT2D eigenvalue weighted by molar-refractivity contribution is 5.71. The summed E-state index contributed by atoms with van der Waals surface area (Å²) in [4.78, 5) is 38.2.